The fraction of sp³-hybridized carbons (Fsp3) is 0.235. The number of nitro groups is 1. The smallest absolute Gasteiger partial charge is 0.269 e. The molecule has 0 spiro atoms. The van der Waals surface area contributed by atoms with Crippen LogP contribution in [0.25, 0.3) is 0 Å². The zero-order valence-electron chi connectivity index (χ0n) is 12.4. The monoisotopic (exact) mass is 328 g/mol. The Hall–Kier alpha value is -2.34. The maximum atomic E-state index is 12.2. The molecule has 1 aliphatic heterocycles. The second kappa shape index (κ2) is 6.83. The molecule has 5 nitrogen and oxygen atoms in total. The summed E-state index contributed by atoms with van der Waals surface area (Å²) < 4.78 is 0. The lowest BCUT2D eigenvalue weighted by Gasteiger charge is -2.24. The molecule has 23 heavy (non-hydrogen) atoms. The predicted octanol–water partition coefficient (Wildman–Crippen LogP) is 3.41. The minimum absolute atomic E-state index is 0.0629. The van der Waals surface area contributed by atoms with Gasteiger partial charge in [-0.15, -0.1) is 11.8 Å². The number of rotatable bonds is 5. The number of hydrogen-bond donors (Lipinski definition) is 0. The van der Waals surface area contributed by atoms with Crippen LogP contribution in [-0.2, 0) is 11.2 Å². The van der Waals surface area contributed by atoms with Gasteiger partial charge in [-0.1, -0.05) is 30.3 Å². The molecule has 1 aliphatic rings. The first kappa shape index (κ1) is 15.6. The van der Waals surface area contributed by atoms with Crippen LogP contribution in [-0.4, -0.2) is 28.0 Å². The predicted molar refractivity (Wildman–Crippen MR) is 90.2 cm³/mol. The SMILES string of the molecule is O=C1CSC(c2ccc([N+](=O)[O-])cc2)N1CCc1ccccc1. The first-order valence-corrected chi connectivity index (χ1v) is 8.39. The Morgan fingerprint density at radius 2 is 1.83 bits per heavy atom. The van der Waals surface area contributed by atoms with Gasteiger partial charge in [0.15, 0.2) is 0 Å². The number of hydrogen-bond acceptors (Lipinski definition) is 4. The summed E-state index contributed by atoms with van der Waals surface area (Å²) in [6.07, 6.45) is 0.802. The fourth-order valence-electron chi connectivity index (χ4n) is 2.63. The zero-order chi connectivity index (χ0) is 16.2. The highest BCUT2D eigenvalue weighted by Crippen LogP contribution is 2.39. The number of benzene rings is 2. The Labute approximate surface area is 138 Å². The topological polar surface area (TPSA) is 63.4 Å². The van der Waals surface area contributed by atoms with Gasteiger partial charge in [0.05, 0.1) is 10.7 Å². The van der Waals surface area contributed by atoms with Crippen LogP contribution in [0.5, 0.6) is 0 Å². The van der Waals surface area contributed by atoms with Crippen LogP contribution in [0.3, 0.4) is 0 Å². The molecule has 1 amide bonds. The molecule has 0 aliphatic carbocycles. The molecule has 0 aromatic heterocycles. The lowest BCUT2D eigenvalue weighted by atomic mass is 10.1. The van der Waals surface area contributed by atoms with E-state index in [4.69, 9.17) is 0 Å². The number of non-ortho nitro benzene ring substituents is 1. The number of thioether (sulfide) groups is 1. The van der Waals surface area contributed by atoms with Crippen LogP contribution >= 0.6 is 11.8 Å². The van der Waals surface area contributed by atoms with E-state index in [1.54, 1.807) is 23.9 Å². The molecule has 1 heterocycles. The van der Waals surface area contributed by atoms with E-state index in [0.717, 1.165) is 12.0 Å². The zero-order valence-corrected chi connectivity index (χ0v) is 13.2. The molecule has 6 heteroatoms. The van der Waals surface area contributed by atoms with Gasteiger partial charge in [-0.25, -0.2) is 0 Å². The molecule has 3 rings (SSSR count). The highest BCUT2D eigenvalue weighted by atomic mass is 32.2. The molecule has 1 saturated heterocycles. The van der Waals surface area contributed by atoms with Crippen LogP contribution in [0.1, 0.15) is 16.5 Å². The average molecular weight is 328 g/mol. The molecule has 1 unspecified atom stereocenters. The molecule has 0 saturated carbocycles. The minimum Gasteiger partial charge on any atom is -0.326 e. The molecule has 0 radical (unpaired) electrons. The minimum atomic E-state index is -0.413. The van der Waals surface area contributed by atoms with Crippen LogP contribution < -0.4 is 0 Å². The maximum Gasteiger partial charge on any atom is 0.269 e. The normalized spacial score (nSPS) is 17.5. The van der Waals surface area contributed by atoms with Crippen molar-refractivity contribution < 1.29 is 9.72 Å². The van der Waals surface area contributed by atoms with Crippen molar-refractivity contribution in [2.75, 3.05) is 12.3 Å². The lowest BCUT2D eigenvalue weighted by molar-refractivity contribution is -0.384. The summed E-state index contributed by atoms with van der Waals surface area (Å²) in [5.74, 6) is 0.575. The summed E-state index contributed by atoms with van der Waals surface area (Å²) in [5.41, 5.74) is 2.19. The van der Waals surface area contributed by atoms with Crippen molar-refractivity contribution in [2.24, 2.45) is 0 Å². The molecule has 2 aromatic rings. The summed E-state index contributed by atoms with van der Waals surface area (Å²) in [4.78, 5) is 24.3. The highest BCUT2D eigenvalue weighted by molar-refractivity contribution is 8.00. The molecular weight excluding hydrogens is 312 g/mol. The van der Waals surface area contributed by atoms with Crippen molar-refractivity contribution in [1.29, 1.82) is 0 Å². The number of amides is 1. The first-order valence-electron chi connectivity index (χ1n) is 7.34. The van der Waals surface area contributed by atoms with Crippen LogP contribution in [0.2, 0.25) is 0 Å². The van der Waals surface area contributed by atoms with Gasteiger partial charge in [0.1, 0.15) is 5.37 Å². The van der Waals surface area contributed by atoms with Crippen molar-refractivity contribution in [1.82, 2.24) is 4.90 Å². The van der Waals surface area contributed by atoms with Crippen molar-refractivity contribution in [3.05, 3.63) is 75.8 Å². The fourth-order valence-corrected chi connectivity index (χ4v) is 3.85. The average Bonchev–Trinajstić information content (AvgIpc) is 2.95. The number of nitro benzene ring substituents is 1. The molecule has 118 valence electrons. The summed E-state index contributed by atoms with van der Waals surface area (Å²) in [5, 5.41) is 10.7. The molecule has 1 fully saturated rings. The molecular formula is C17H16N2O3S. The molecule has 2 aromatic carbocycles. The van der Waals surface area contributed by atoms with E-state index in [1.165, 1.54) is 17.7 Å². The Morgan fingerprint density at radius 3 is 2.48 bits per heavy atom. The van der Waals surface area contributed by atoms with E-state index >= 15 is 0 Å². The van der Waals surface area contributed by atoms with Gasteiger partial charge in [-0.2, -0.15) is 0 Å². The second-order valence-corrected chi connectivity index (χ2v) is 6.40. The summed E-state index contributed by atoms with van der Waals surface area (Å²) in [7, 11) is 0. The van der Waals surface area contributed by atoms with Gasteiger partial charge in [0.2, 0.25) is 5.91 Å². The van der Waals surface area contributed by atoms with E-state index in [0.29, 0.717) is 12.3 Å². The third kappa shape index (κ3) is 3.53. The first-order chi connectivity index (χ1) is 11.1. The van der Waals surface area contributed by atoms with Crippen molar-refractivity contribution >= 4 is 23.4 Å². The number of carbonyl (C=O) groups is 1. The van der Waals surface area contributed by atoms with E-state index < -0.39 is 4.92 Å². The Bertz CT molecular complexity index is 704. The Kier molecular flexibility index (Phi) is 4.62. The van der Waals surface area contributed by atoms with Crippen LogP contribution in [0.15, 0.2) is 54.6 Å². The lowest BCUT2D eigenvalue weighted by Crippen LogP contribution is -2.30. The highest BCUT2D eigenvalue weighted by Gasteiger charge is 2.32. The Balaban J connectivity index is 1.72. The number of carbonyl (C=O) groups excluding carboxylic acids is 1. The van der Waals surface area contributed by atoms with E-state index in [-0.39, 0.29) is 17.0 Å². The summed E-state index contributed by atoms with van der Waals surface area (Å²) in [6.45, 7) is 0.650. The summed E-state index contributed by atoms with van der Waals surface area (Å²) in [6, 6.07) is 16.5. The van der Waals surface area contributed by atoms with Gasteiger partial charge in [-0.3, -0.25) is 14.9 Å². The third-order valence-electron chi connectivity index (χ3n) is 3.84. The van der Waals surface area contributed by atoms with Crippen molar-refractivity contribution in [3.63, 3.8) is 0 Å². The van der Waals surface area contributed by atoms with Gasteiger partial charge in [0.25, 0.3) is 5.69 Å². The van der Waals surface area contributed by atoms with Crippen LogP contribution in [0, 0.1) is 10.1 Å². The van der Waals surface area contributed by atoms with Gasteiger partial charge in [-0.05, 0) is 29.7 Å². The largest absolute Gasteiger partial charge is 0.326 e. The summed E-state index contributed by atoms with van der Waals surface area (Å²) >= 11 is 1.57. The Morgan fingerprint density at radius 1 is 1.13 bits per heavy atom. The van der Waals surface area contributed by atoms with Gasteiger partial charge in [0, 0.05) is 18.7 Å². The maximum absolute atomic E-state index is 12.2. The standard InChI is InChI=1S/C17H16N2O3S/c20-16-12-23-17(14-6-8-15(9-7-14)19(21)22)18(16)11-10-13-4-2-1-3-5-13/h1-9,17H,10-12H2. The quantitative estimate of drug-likeness (QED) is 0.623. The third-order valence-corrected chi connectivity index (χ3v) is 5.10. The number of nitrogens with zero attached hydrogens (tertiary/aromatic N) is 2. The molecule has 0 bridgehead atoms. The molecule has 1 atom stereocenters. The van der Waals surface area contributed by atoms with Gasteiger partial charge < -0.3 is 4.90 Å². The van der Waals surface area contributed by atoms with Crippen LogP contribution in [0.4, 0.5) is 5.69 Å². The van der Waals surface area contributed by atoms with E-state index in [9.17, 15) is 14.9 Å². The van der Waals surface area contributed by atoms with Gasteiger partial charge >= 0.3 is 0 Å². The van der Waals surface area contributed by atoms with Crippen molar-refractivity contribution in [2.45, 2.75) is 11.8 Å². The molecule has 0 N–H and O–H groups in total. The van der Waals surface area contributed by atoms with E-state index in [1.807, 2.05) is 23.1 Å². The van der Waals surface area contributed by atoms with E-state index in [2.05, 4.69) is 12.1 Å². The second-order valence-electron chi connectivity index (χ2n) is 5.33. The van der Waals surface area contributed by atoms with Crippen molar-refractivity contribution in [3.8, 4) is 0 Å².